The summed E-state index contributed by atoms with van der Waals surface area (Å²) in [6.45, 7) is 0.279. The van der Waals surface area contributed by atoms with Gasteiger partial charge in [0.1, 0.15) is 0 Å². The number of halogens is 4. The van der Waals surface area contributed by atoms with Crippen LogP contribution in [0, 0.1) is 11.7 Å². The largest absolute Gasteiger partial charge is 0.573 e. The third-order valence-corrected chi connectivity index (χ3v) is 4.58. The Bertz CT molecular complexity index is 546. The predicted molar refractivity (Wildman–Crippen MR) is 77.1 cm³/mol. The molecule has 2 aliphatic rings. The van der Waals surface area contributed by atoms with Crippen LogP contribution in [0.1, 0.15) is 56.4 Å². The molecule has 1 aromatic rings. The zero-order chi connectivity index (χ0) is 16.4. The molecule has 0 aromatic heterocycles. The zero-order valence-corrected chi connectivity index (χ0v) is 12.8. The van der Waals surface area contributed by atoms with E-state index in [9.17, 15) is 17.6 Å². The summed E-state index contributed by atoms with van der Waals surface area (Å²) in [6.07, 6.45) is 2.07. The predicted octanol–water partition coefficient (Wildman–Crippen LogP) is 5.56. The van der Waals surface area contributed by atoms with Crippen LogP contribution in [0.15, 0.2) is 12.1 Å². The molecule has 0 unspecified atom stereocenters. The van der Waals surface area contributed by atoms with Gasteiger partial charge in [-0.15, -0.1) is 13.2 Å². The summed E-state index contributed by atoms with van der Waals surface area (Å²) >= 11 is 0. The van der Waals surface area contributed by atoms with Crippen LogP contribution in [0.5, 0.6) is 11.5 Å². The smallest absolute Gasteiger partial charge is 0.490 e. The summed E-state index contributed by atoms with van der Waals surface area (Å²) < 4.78 is 61.4. The minimum Gasteiger partial charge on any atom is -0.490 e. The number of ether oxygens (including phenoxy) is 2. The molecule has 0 bridgehead atoms. The molecule has 0 radical (unpaired) electrons. The summed E-state index contributed by atoms with van der Waals surface area (Å²) in [5.74, 6) is -1.38. The van der Waals surface area contributed by atoms with Crippen LogP contribution in [0.3, 0.4) is 0 Å². The third kappa shape index (κ3) is 4.30. The van der Waals surface area contributed by atoms with Gasteiger partial charge in [0.25, 0.3) is 0 Å². The van der Waals surface area contributed by atoms with Crippen LogP contribution < -0.4 is 9.47 Å². The molecular formula is C17H20F4O2. The van der Waals surface area contributed by atoms with Crippen LogP contribution in [0.4, 0.5) is 17.6 Å². The zero-order valence-electron chi connectivity index (χ0n) is 12.8. The van der Waals surface area contributed by atoms with E-state index in [1.165, 1.54) is 25.0 Å². The first-order valence-corrected chi connectivity index (χ1v) is 8.15. The van der Waals surface area contributed by atoms with E-state index in [-0.39, 0.29) is 23.8 Å². The van der Waals surface area contributed by atoms with Crippen molar-refractivity contribution in [2.24, 2.45) is 5.92 Å². The van der Waals surface area contributed by atoms with Gasteiger partial charge in [-0.1, -0.05) is 31.7 Å². The van der Waals surface area contributed by atoms with Crippen molar-refractivity contribution in [1.29, 1.82) is 0 Å². The van der Waals surface area contributed by atoms with Crippen molar-refractivity contribution in [3.63, 3.8) is 0 Å². The lowest BCUT2D eigenvalue weighted by molar-refractivity contribution is -0.276. The summed E-state index contributed by atoms with van der Waals surface area (Å²) in [5.41, 5.74) is 0.285. The molecule has 128 valence electrons. The molecule has 2 saturated carbocycles. The molecule has 0 heterocycles. The van der Waals surface area contributed by atoms with E-state index < -0.39 is 17.9 Å². The van der Waals surface area contributed by atoms with E-state index in [0.29, 0.717) is 5.92 Å². The average molecular weight is 332 g/mol. The maximum absolute atomic E-state index is 14.4. The highest BCUT2D eigenvalue weighted by molar-refractivity contribution is 5.46. The van der Waals surface area contributed by atoms with E-state index in [1.807, 2.05) is 0 Å². The highest BCUT2D eigenvalue weighted by atomic mass is 19.4. The van der Waals surface area contributed by atoms with Crippen molar-refractivity contribution in [2.75, 3.05) is 6.61 Å². The van der Waals surface area contributed by atoms with Gasteiger partial charge in [0, 0.05) is 0 Å². The Morgan fingerprint density at radius 1 is 1.04 bits per heavy atom. The normalized spacial score (nSPS) is 19.1. The molecular weight excluding hydrogens is 312 g/mol. The molecule has 0 saturated heterocycles. The number of hydrogen-bond acceptors (Lipinski definition) is 2. The number of rotatable bonds is 6. The van der Waals surface area contributed by atoms with Gasteiger partial charge in [-0.05, 0) is 42.7 Å². The topological polar surface area (TPSA) is 18.5 Å². The van der Waals surface area contributed by atoms with Crippen LogP contribution >= 0.6 is 0 Å². The average Bonchev–Trinajstić information content (AvgIpc) is 3.18. The van der Waals surface area contributed by atoms with Crippen molar-refractivity contribution in [1.82, 2.24) is 0 Å². The van der Waals surface area contributed by atoms with Crippen molar-refractivity contribution in [2.45, 2.75) is 57.2 Å². The standard InChI is InChI=1S/C17H20F4O2/c18-15-13(12-5-6-12)7-8-14(16(15)23-17(19,20)21)22-10-9-11-3-1-2-4-11/h7-8,11-12H,1-6,9-10H2. The molecule has 0 N–H and O–H groups in total. The molecule has 0 aliphatic heterocycles. The Morgan fingerprint density at radius 3 is 2.35 bits per heavy atom. The van der Waals surface area contributed by atoms with Gasteiger partial charge in [-0.3, -0.25) is 0 Å². The second kappa shape index (κ2) is 6.57. The number of benzene rings is 1. The summed E-state index contributed by atoms with van der Waals surface area (Å²) in [5, 5.41) is 0. The van der Waals surface area contributed by atoms with E-state index in [0.717, 1.165) is 32.1 Å². The maximum Gasteiger partial charge on any atom is 0.573 e. The van der Waals surface area contributed by atoms with Gasteiger partial charge in [0.05, 0.1) is 6.61 Å². The number of hydrogen-bond donors (Lipinski definition) is 0. The molecule has 23 heavy (non-hydrogen) atoms. The minimum absolute atomic E-state index is 0.00174. The summed E-state index contributed by atoms with van der Waals surface area (Å²) in [6, 6.07) is 2.91. The van der Waals surface area contributed by atoms with Crippen LogP contribution in [-0.4, -0.2) is 13.0 Å². The lowest BCUT2D eigenvalue weighted by atomic mass is 10.1. The highest BCUT2D eigenvalue weighted by Crippen LogP contribution is 2.46. The molecule has 6 heteroatoms. The van der Waals surface area contributed by atoms with Crippen LogP contribution in [0.2, 0.25) is 0 Å². The van der Waals surface area contributed by atoms with Crippen LogP contribution in [-0.2, 0) is 0 Å². The van der Waals surface area contributed by atoms with Crippen molar-refractivity contribution in [3.05, 3.63) is 23.5 Å². The molecule has 0 amide bonds. The first-order chi connectivity index (χ1) is 10.9. The maximum atomic E-state index is 14.4. The molecule has 2 nitrogen and oxygen atoms in total. The Kier molecular flexibility index (Phi) is 4.69. The van der Waals surface area contributed by atoms with Gasteiger partial charge in [0.2, 0.25) is 5.75 Å². The van der Waals surface area contributed by atoms with E-state index >= 15 is 0 Å². The van der Waals surface area contributed by atoms with E-state index in [4.69, 9.17) is 4.74 Å². The highest BCUT2D eigenvalue weighted by Gasteiger charge is 2.37. The minimum atomic E-state index is -4.94. The van der Waals surface area contributed by atoms with Gasteiger partial charge in [0.15, 0.2) is 11.6 Å². The van der Waals surface area contributed by atoms with Crippen LogP contribution in [0.25, 0.3) is 0 Å². The van der Waals surface area contributed by atoms with Gasteiger partial charge >= 0.3 is 6.36 Å². The summed E-state index contributed by atoms with van der Waals surface area (Å²) in [7, 11) is 0. The Balaban J connectivity index is 1.72. The van der Waals surface area contributed by atoms with Crippen molar-refractivity contribution < 1.29 is 27.0 Å². The Morgan fingerprint density at radius 2 is 1.74 bits per heavy atom. The van der Waals surface area contributed by atoms with Gasteiger partial charge in [-0.25, -0.2) is 4.39 Å². The fourth-order valence-corrected chi connectivity index (χ4v) is 3.22. The van der Waals surface area contributed by atoms with Crippen molar-refractivity contribution >= 4 is 0 Å². The first kappa shape index (κ1) is 16.4. The molecule has 0 atom stereocenters. The van der Waals surface area contributed by atoms with E-state index in [2.05, 4.69) is 4.74 Å². The molecule has 1 aromatic carbocycles. The van der Waals surface area contributed by atoms with Gasteiger partial charge in [-0.2, -0.15) is 0 Å². The molecule has 2 aliphatic carbocycles. The lowest BCUT2D eigenvalue weighted by Crippen LogP contribution is -2.19. The Hall–Kier alpha value is -1.46. The molecule has 3 rings (SSSR count). The third-order valence-electron chi connectivity index (χ3n) is 4.58. The first-order valence-electron chi connectivity index (χ1n) is 8.15. The second-order valence-corrected chi connectivity index (χ2v) is 6.41. The quantitative estimate of drug-likeness (QED) is 0.635. The monoisotopic (exact) mass is 332 g/mol. The fraction of sp³-hybridized carbons (Fsp3) is 0.647. The lowest BCUT2D eigenvalue weighted by Gasteiger charge is -2.17. The fourth-order valence-electron chi connectivity index (χ4n) is 3.22. The Labute approximate surface area is 132 Å². The molecule has 0 spiro atoms. The summed E-state index contributed by atoms with van der Waals surface area (Å²) in [4.78, 5) is 0. The van der Waals surface area contributed by atoms with Crippen molar-refractivity contribution in [3.8, 4) is 11.5 Å². The molecule has 2 fully saturated rings. The van der Waals surface area contributed by atoms with Gasteiger partial charge < -0.3 is 9.47 Å². The number of alkyl halides is 3. The second-order valence-electron chi connectivity index (χ2n) is 6.41. The van der Waals surface area contributed by atoms with E-state index in [1.54, 1.807) is 0 Å². The SMILES string of the molecule is Fc1c(C2CC2)ccc(OCCC2CCCC2)c1OC(F)(F)F.